The van der Waals surface area contributed by atoms with Crippen LogP contribution >= 0.6 is 0 Å². The van der Waals surface area contributed by atoms with Crippen molar-refractivity contribution in [1.29, 1.82) is 0 Å². The first-order valence-electron chi connectivity index (χ1n) is 11.5. The lowest BCUT2D eigenvalue weighted by atomic mass is 10.1. The molecule has 0 radical (unpaired) electrons. The van der Waals surface area contributed by atoms with Crippen LogP contribution in [-0.4, -0.2) is 15.3 Å². The summed E-state index contributed by atoms with van der Waals surface area (Å²) in [4.78, 5) is 0. The minimum absolute atomic E-state index is 0.0253. The standard InChI is InChI=1S/C29H23N5O3/c35-18-20-16-27(28(36)17-26(20)33-31-22-9-5-2-6-10-22)34-32-25-14-11-19-15-23(12-13-24(19)29(25)37)30-21-7-3-1-4-8-21/h1-17,30,35-37H,18H2. The Morgan fingerprint density at radius 1 is 0.595 bits per heavy atom. The second-order valence-electron chi connectivity index (χ2n) is 8.22. The number of aromatic hydroxyl groups is 2. The number of aliphatic hydroxyl groups is 1. The molecule has 0 aliphatic heterocycles. The molecule has 0 saturated heterocycles. The molecule has 0 fully saturated rings. The average molecular weight is 490 g/mol. The Balaban J connectivity index is 1.39. The number of nitrogens with one attached hydrogen (secondary N) is 1. The van der Waals surface area contributed by atoms with E-state index >= 15 is 0 Å². The van der Waals surface area contributed by atoms with Crippen LogP contribution in [0.15, 0.2) is 124 Å². The molecule has 182 valence electrons. The summed E-state index contributed by atoms with van der Waals surface area (Å²) in [5.41, 5.74) is 3.61. The van der Waals surface area contributed by atoms with E-state index in [0.29, 0.717) is 22.3 Å². The number of anilines is 2. The highest BCUT2D eigenvalue weighted by atomic mass is 16.3. The van der Waals surface area contributed by atoms with Gasteiger partial charge in [-0.05, 0) is 60.0 Å². The van der Waals surface area contributed by atoms with Crippen LogP contribution in [0.2, 0.25) is 0 Å². The van der Waals surface area contributed by atoms with Crippen LogP contribution < -0.4 is 5.32 Å². The quantitative estimate of drug-likeness (QED) is 0.172. The second-order valence-corrected chi connectivity index (χ2v) is 8.22. The molecular weight excluding hydrogens is 466 g/mol. The van der Waals surface area contributed by atoms with Gasteiger partial charge in [0.2, 0.25) is 0 Å². The van der Waals surface area contributed by atoms with Crippen LogP contribution in [0.25, 0.3) is 10.8 Å². The van der Waals surface area contributed by atoms with Crippen molar-refractivity contribution in [3.8, 4) is 11.5 Å². The number of rotatable bonds is 7. The van der Waals surface area contributed by atoms with Crippen LogP contribution in [0.5, 0.6) is 11.5 Å². The van der Waals surface area contributed by atoms with E-state index < -0.39 is 0 Å². The second kappa shape index (κ2) is 10.7. The lowest BCUT2D eigenvalue weighted by Crippen LogP contribution is -1.89. The van der Waals surface area contributed by atoms with Gasteiger partial charge in [0.05, 0.1) is 18.0 Å². The fraction of sp³-hybridized carbons (Fsp3) is 0.0345. The highest BCUT2D eigenvalue weighted by Crippen LogP contribution is 2.39. The first-order valence-corrected chi connectivity index (χ1v) is 11.5. The first-order chi connectivity index (χ1) is 18.1. The Labute approximate surface area is 212 Å². The number of hydrogen-bond acceptors (Lipinski definition) is 8. The summed E-state index contributed by atoms with van der Waals surface area (Å²) < 4.78 is 0. The van der Waals surface area contributed by atoms with E-state index in [1.54, 1.807) is 18.2 Å². The van der Waals surface area contributed by atoms with Gasteiger partial charge in [-0.1, -0.05) is 42.5 Å². The third kappa shape index (κ3) is 5.44. The minimum Gasteiger partial charge on any atom is -0.506 e. The number of aliphatic hydroxyl groups excluding tert-OH is 1. The largest absolute Gasteiger partial charge is 0.506 e. The maximum absolute atomic E-state index is 10.8. The van der Waals surface area contributed by atoms with Gasteiger partial charge in [-0.3, -0.25) is 0 Å². The number of phenolic OH excluding ortho intramolecular Hbond substituents is 2. The lowest BCUT2D eigenvalue weighted by molar-refractivity contribution is 0.282. The number of fused-ring (bicyclic) bond motifs is 1. The van der Waals surface area contributed by atoms with Crippen molar-refractivity contribution in [3.05, 3.63) is 109 Å². The first kappa shape index (κ1) is 23.7. The number of para-hydroxylation sites is 1. The number of hydrogen-bond donors (Lipinski definition) is 4. The molecule has 4 N–H and O–H groups in total. The molecule has 0 atom stereocenters. The van der Waals surface area contributed by atoms with Crippen molar-refractivity contribution in [2.24, 2.45) is 20.5 Å². The molecule has 0 aliphatic rings. The Hall–Kier alpha value is -5.08. The Kier molecular flexibility index (Phi) is 6.82. The smallest absolute Gasteiger partial charge is 0.150 e. The Bertz CT molecular complexity index is 1600. The van der Waals surface area contributed by atoms with Crippen LogP contribution in [0.4, 0.5) is 34.1 Å². The number of phenols is 2. The van der Waals surface area contributed by atoms with Crippen molar-refractivity contribution in [3.63, 3.8) is 0 Å². The van der Waals surface area contributed by atoms with E-state index in [2.05, 4.69) is 25.8 Å². The molecule has 0 saturated carbocycles. The third-order valence-corrected chi connectivity index (χ3v) is 5.67. The summed E-state index contributed by atoms with van der Waals surface area (Å²) in [6, 6.07) is 30.9. The van der Waals surface area contributed by atoms with E-state index in [4.69, 9.17) is 0 Å². The van der Waals surface area contributed by atoms with Crippen molar-refractivity contribution in [2.45, 2.75) is 6.61 Å². The van der Waals surface area contributed by atoms with Gasteiger partial charge in [0.15, 0.2) is 5.75 Å². The number of nitrogens with zero attached hydrogens (tertiary/aromatic N) is 4. The molecule has 0 unspecified atom stereocenters. The van der Waals surface area contributed by atoms with Gasteiger partial charge >= 0.3 is 0 Å². The Morgan fingerprint density at radius 3 is 2.05 bits per heavy atom. The molecule has 0 aromatic heterocycles. The molecule has 37 heavy (non-hydrogen) atoms. The predicted octanol–water partition coefficient (Wildman–Crippen LogP) is 8.32. The van der Waals surface area contributed by atoms with E-state index in [9.17, 15) is 15.3 Å². The van der Waals surface area contributed by atoms with Gasteiger partial charge in [0.25, 0.3) is 0 Å². The van der Waals surface area contributed by atoms with Crippen LogP contribution in [0.3, 0.4) is 0 Å². The maximum Gasteiger partial charge on any atom is 0.150 e. The Morgan fingerprint density at radius 2 is 1.30 bits per heavy atom. The fourth-order valence-electron chi connectivity index (χ4n) is 3.77. The molecule has 8 nitrogen and oxygen atoms in total. The third-order valence-electron chi connectivity index (χ3n) is 5.67. The summed E-state index contributed by atoms with van der Waals surface area (Å²) in [5, 5.41) is 52.4. The molecule has 5 rings (SSSR count). The van der Waals surface area contributed by atoms with Gasteiger partial charge in [-0.2, -0.15) is 10.2 Å². The summed E-state index contributed by atoms with van der Waals surface area (Å²) in [5.74, 6) is -0.206. The van der Waals surface area contributed by atoms with Crippen molar-refractivity contribution in [1.82, 2.24) is 0 Å². The monoisotopic (exact) mass is 489 g/mol. The minimum atomic E-state index is -0.327. The highest BCUT2D eigenvalue weighted by molar-refractivity contribution is 5.94. The molecule has 0 bridgehead atoms. The van der Waals surface area contributed by atoms with E-state index in [1.165, 1.54) is 12.1 Å². The summed E-state index contributed by atoms with van der Waals surface area (Å²) in [6.07, 6.45) is 0. The molecule has 0 heterocycles. The lowest BCUT2D eigenvalue weighted by Gasteiger charge is -2.09. The average Bonchev–Trinajstić information content (AvgIpc) is 2.93. The van der Waals surface area contributed by atoms with Gasteiger partial charge in [-0.25, -0.2) is 0 Å². The zero-order chi connectivity index (χ0) is 25.6. The van der Waals surface area contributed by atoms with Crippen LogP contribution in [0.1, 0.15) is 5.56 Å². The SMILES string of the molecule is OCc1cc(N=Nc2ccc3cc(Nc4ccccc4)ccc3c2O)c(O)cc1N=Nc1ccccc1. The molecular formula is C29H23N5O3. The zero-order valence-corrected chi connectivity index (χ0v) is 19.7. The number of benzene rings is 5. The van der Waals surface area contributed by atoms with Crippen LogP contribution in [0, 0.1) is 0 Å². The normalized spacial score (nSPS) is 11.5. The topological polar surface area (TPSA) is 122 Å². The van der Waals surface area contributed by atoms with E-state index in [-0.39, 0.29) is 29.5 Å². The molecule has 0 spiro atoms. The van der Waals surface area contributed by atoms with Crippen LogP contribution in [-0.2, 0) is 6.61 Å². The molecule has 0 aliphatic carbocycles. The summed E-state index contributed by atoms with van der Waals surface area (Å²) >= 11 is 0. The van der Waals surface area contributed by atoms with Crippen molar-refractivity contribution < 1.29 is 15.3 Å². The zero-order valence-electron chi connectivity index (χ0n) is 19.7. The van der Waals surface area contributed by atoms with Gasteiger partial charge in [0.1, 0.15) is 17.1 Å². The van der Waals surface area contributed by atoms with Crippen molar-refractivity contribution in [2.75, 3.05) is 5.32 Å². The van der Waals surface area contributed by atoms with E-state index in [1.807, 2.05) is 72.8 Å². The molecule has 5 aromatic carbocycles. The fourth-order valence-corrected chi connectivity index (χ4v) is 3.77. The van der Waals surface area contributed by atoms with Gasteiger partial charge in [0, 0.05) is 28.4 Å². The maximum atomic E-state index is 10.8. The summed E-state index contributed by atoms with van der Waals surface area (Å²) in [7, 11) is 0. The highest BCUT2D eigenvalue weighted by Gasteiger charge is 2.11. The molecule has 8 heteroatoms. The molecule has 5 aromatic rings. The van der Waals surface area contributed by atoms with Crippen molar-refractivity contribution >= 4 is 44.9 Å². The molecule has 0 amide bonds. The van der Waals surface area contributed by atoms with Gasteiger partial charge in [-0.15, -0.1) is 10.2 Å². The van der Waals surface area contributed by atoms with Gasteiger partial charge < -0.3 is 20.6 Å². The predicted molar refractivity (Wildman–Crippen MR) is 144 cm³/mol. The summed E-state index contributed by atoms with van der Waals surface area (Å²) in [6.45, 7) is -0.327. The van der Waals surface area contributed by atoms with E-state index in [0.717, 1.165) is 16.8 Å². The number of azo groups is 2.